The molecule has 2 fully saturated rings. The highest BCUT2D eigenvalue weighted by molar-refractivity contribution is 5.93. The van der Waals surface area contributed by atoms with Gasteiger partial charge in [0.1, 0.15) is 18.2 Å². The minimum Gasteiger partial charge on any atom is -0.358 e. The monoisotopic (exact) mass is 506 g/mol. The summed E-state index contributed by atoms with van der Waals surface area (Å²) in [6.07, 6.45) is -0.318. The number of carbonyl (C=O) groups excluding carboxylic acids is 2. The molecule has 4 rings (SSSR count). The lowest BCUT2D eigenvalue weighted by Crippen LogP contribution is -2.58. The smallest absolute Gasteiger partial charge is 0.358 e. The largest absolute Gasteiger partial charge is 0.416 e. The maximum absolute atomic E-state index is 13.4. The van der Waals surface area contributed by atoms with Crippen molar-refractivity contribution in [2.24, 2.45) is 0 Å². The van der Waals surface area contributed by atoms with Gasteiger partial charge in [-0.05, 0) is 64.8 Å². The third-order valence-corrected chi connectivity index (χ3v) is 7.48. The molecule has 2 aliphatic rings. The Morgan fingerprint density at radius 1 is 1.19 bits per heavy atom. The fourth-order valence-corrected chi connectivity index (χ4v) is 5.39. The first-order valence-corrected chi connectivity index (χ1v) is 12.3. The number of hydrogen-bond donors (Lipinski definition) is 2. The average Bonchev–Trinajstić information content (AvgIpc) is 3.17. The highest BCUT2D eigenvalue weighted by Gasteiger charge is 2.43. The number of nitrogens with one attached hydrogen (secondary N) is 2. The standard InChI is InChI=1S/C25H33F3N6O2/c1-14(2)33(4)17-6-8-22(21(12-17)31-15(3)35)34-10-9-20(24(34)36)32-23-18-11-16(25(26,27)28)5-7-19(18)29-13-30-23/h5,7,11,13-14,17,20-22H,6,8-10,12H2,1-4H3,(H,31,35)(H,29,30,32)/t17-,20?,21-,22+/m1/s1. The molecule has 2 heterocycles. The predicted octanol–water partition coefficient (Wildman–Crippen LogP) is 3.43. The van der Waals surface area contributed by atoms with Crippen LogP contribution in [0.1, 0.15) is 52.0 Å². The number of rotatable bonds is 6. The molecular formula is C25H33F3N6O2. The van der Waals surface area contributed by atoms with E-state index in [0.717, 1.165) is 31.4 Å². The summed E-state index contributed by atoms with van der Waals surface area (Å²) in [4.78, 5) is 37.7. The van der Waals surface area contributed by atoms with Gasteiger partial charge in [0, 0.05) is 30.9 Å². The molecule has 8 nitrogen and oxygen atoms in total. The van der Waals surface area contributed by atoms with E-state index in [-0.39, 0.29) is 35.1 Å². The zero-order valence-corrected chi connectivity index (χ0v) is 21.0. The molecule has 36 heavy (non-hydrogen) atoms. The van der Waals surface area contributed by atoms with E-state index < -0.39 is 17.8 Å². The lowest BCUT2D eigenvalue weighted by atomic mass is 9.84. The molecule has 1 aliphatic heterocycles. The minimum absolute atomic E-state index is 0.132. The van der Waals surface area contributed by atoms with E-state index in [9.17, 15) is 22.8 Å². The highest BCUT2D eigenvalue weighted by atomic mass is 19.4. The second-order valence-electron chi connectivity index (χ2n) is 10.1. The average molecular weight is 507 g/mol. The maximum Gasteiger partial charge on any atom is 0.416 e. The van der Waals surface area contributed by atoms with Crippen molar-refractivity contribution in [2.75, 3.05) is 18.9 Å². The molecule has 2 aromatic rings. The van der Waals surface area contributed by atoms with Crippen LogP contribution in [0, 0.1) is 0 Å². The Balaban J connectivity index is 1.52. The Morgan fingerprint density at radius 3 is 2.61 bits per heavy atom. The number of benzene rings is 1. The highest BCUT2D eigenvalue weighted by Crippen LogP contribution is 2.34. The van der Waals surface area contributed by atoms with Gasteiger partial charge in [0.05, 0.1) is 23.2 Å². The molecule has 1 saturated heterocycles. The fraction of sp³-hybridized carbons (Fsp3) is 0.600. The van der Waals surface area contributed by atoms with E-state index in [4.69, 9.17) is 0 Å². The zero-order valence-electron chi connectivity index (χ0n) is 21.0. The zero-order chi connectivity index (χ0) is 26.2. The van der Waals surface area contributed by atoms with E-state index in [1.807, 2.05) is 4.90 Å². The third-order valence-electron chi connectivity index (χ3n) is 7.48. The van der Waals surface area contributed by atoms with Crippen molar-refractivity contribution >= 4 is 28.5 Å². The van der Waals surface area contributed by atoms with Crippen LogP contribution in [0.25, 0.3) is 10.9 Å². The number of likely N-dealkylation sites (tertiary alicyclic amines) is 1. The molecule has 1 saturated carbocycles. The van der Waals surface area contributed by atoms with Gasteiger partial charge < -0.3 is 20.4 Å². The molecule has 196 valence electrons. The van der Waals surface area contributed by atoms with Gasteiger partial charge in [-0.3, -0.25) is 9.59 Å². The predicted molar refractivity (Wildman–Crippen MR) is 130 cm³/mol. The van der Waals surface area contributed by atoms with Gasteiger partial charge in [0.25, 0.3) is 0 Å². The maximum atomic E-state index is 13.4. The van der Waals surface area contributed by atoms with Gasteiger partial charge >= 0.3 is 6.18 Å². The van der Waals surface area contributed by atoms with Gasteiger partial charge in [-0.1, -0.05) is 0 Å². The Hall–Kier alpha value is -2.95. The van der Waals surface area contributed by atoms with E-state index in [1.165, 1.54) is 19.3 Å². The second kappa shape index (κ2) is 10.2. The Bertz CT molecular complexity index is 1120. The Labute approximate surface area is 208 Å². The number of halogens is 3. The number of alkyl halides is 3. The molecule has 0 radical (unpaired) electrons. The molecule has 2 amide bonds. The second-order valence-corrected chi connectivity index (χ2v) is 10.1. The number of aromatic nitrogens is 2. The first kappa shape index (κ1) is 26.1. The molecular weight excluding hydrogens is 473 g/mol. The molecule has 11 heteroatoms. The van der Waals surface area contributed by atoms with Crippen molar-refractivity contribution in [1.29, 1.82) is 0 Å². The van der Waals surface area contributed by atoms with Gasteiger partial charge in [-0.25, -0.2) is 9.97 Å². The van der Waals surface area contributed by atoms with Crippen LogP contribution in [0.5, 0.6) is 0 Å². The quantitative estimate of drug-likeness (QED) is 0.624. The van der Waals surface area contributed by atoms with Crippen LogP contribution in [0.4, 0.5) is 19.0 Å². The summed E-state index contributed by atoms with van der Waals surface area (Å²) in [6.45, 7) is 6.25. The number of nitrogens with zero attached hydrogens (tertiary/aromatic N) is 4. The molecule has 0 spiro atoms. The topological polar surface area (TPSA) is 90.5 Å². The number of fused-ring (bicyclic) bond motifs is 1. The Kier molecular flexibility index (Phi) is 7.40. The molecule has 0 bridgehead atoms. The lowest BCUT2D eigenvalue weighted by molar-refractivity contribution is -0.137. The Morgan fingerprint density at radius 2 is 1.94 bits per heavy atom. The van der Waals surface area contributed by atoms with Crippen LogP contribution in [0.15, 0.2) is 24.5 Å². The van der Waals surface area contributed by atoms with Crippen molar-refractivity contribution in [1.82, 2.24) is 25.1 Å². The van der Waals surface area contributed by atoms with Gasteiger partial charge in [0.2, 0.25) is 11.8 Å². The van der Waals surface area contributed by atoms with Crippen LogP contribution in [0.2, 0.25) is 0 Å². The molecule has 1 unspecified atom stereocenters. The lowest BCUT2D eigenvalue weighted by Gasteiger charge is -2.44. The number of anilines is 1. The number of carbonyl (C=O) groups is 2. The van der Waals surface area contributed by atoms with E-state index in [0.29, 0.717) is 30.6 Å². The van der Waals surface area contributed by atoms with Crippen LogP contribution in [-0.4, -0.2) is 75.4 Å². The summed E-state index contributed by atoms with van der Waals surface area (Å²) in [5.41, 5.74) is -0.436. The molecule has 1 aliphatic carbocycles. The van der Waals surface area contributed by atoms with Gasteiger partial charge in [-0.15, -0.1) is 0 Å². The molecule has 2 N–H and O–H groups in total. The van der Waals surface area contributed by atoms with E-state index >= 15 is 0 Å². The van der Waals surface area contributed by atoms with Crippen molar-refractivity contribution in [3.05, 3.63) is 30.1 Å². The summed E-state index contributed by atoms with van der Waals surface area (Å²) < 4.78 is 39.8. The van der Waals surface area contributed by atoms with Crippen LogP contribution >= 0.6 is 0 Å². The van der Waals surface area contributed by atoms with E-state index in [2.05, 4.69) is 46.4 Å². The summed E-state index contributed by atoms with van der Waals surface area (Å²) in [5, 5.41) is 6.34. The minimum atomic E-state index is -4.50. The summed E-state index contributed by atoms with van der Waals surface area (Å²) in [5.74, 6) is -0.0659. The van der Waals surface area contributed by atoms with Crippen molar-refractivity contribution in [2.45, 2.75) is 82.8 Å². The van der Waals surface area contributed by atoms with Crippen LogP contribution in [-0.2, 0) is 15.8 Å². The summed E-state index contributed by atoms with van der Waals surface area (Å²) in [6, 6.07) is 3.05. The normalized spacial score (nSPS) is 25.1. The third kappa shape index (κ3) is 5.40. The van der Waals surface area contributed by atoms with Crippen molar-refractivity contribution in [3.8, 4) is 0 Å². The SMILES string of the molecule is CC(=O)N[C@@H]1C[C@H](N(C)C(C)C)CC[C@@H]1N1CCC(Nc2ncnc3ccc(C(F)(F)F)cc23)C1=O. The summed E-state index contributed by atoms with van der Waals surface area (Å²) >= 11 is 0. The molecule has 1 aromatic heterocycles. The summed E-state index contributed by atoms with van der Waals surface area (Å²) in [7, 11) is 2.08. The van der Waals surface area contributed by atoms with Gasteiger partial charge in [0.15, 0.2) is 0 Å². The molecule has 1 aromatic carbocycles. The van der Waals surface area contributed by atoms with Crippen molar-refractivity contribution in [3.63, 3.8) is 0 Å². The first-order chi connectivity index (χ1) is 17.0. The molecule has 4 atom stereocenters. The first-order valence-electron chi connectivity index (χ1n) is 12.3. The number of hydrogen-bond acceptors (Lipinski definition) is 6. The number of amides is 2. The van der Waals surface area contributed by atoms with E-state index in [1.54, 1.807) is 0 Å². The fourth-order valence-electron chi connectivity index (χ4n) is 5.39. The van der Waals surface area contributed by atoms with Crippen LogP contribution < -0.4 is 10.6 Å². The van der Waals surface area contributed by atoms with Crippen molar-refractivity contribution < 1.29 is 22.8 Å². The van der Waals surface area contributed by atoms with Gasteiger partial charge in [-0.2, -0.15) is 13.2 Å². The van der Waals surface area contributed by atoms with Crippen LogP contribution in [0.3, 0.4) is 0 Å².